The Hall–Kier alpha value is -1.69. The molecule has 0 aliphatic rings. The van der Waals surface area contributed by atoms with Crippen LogP contribution < -0.4 is 5.32 Å². The van der Waals surface area contributed by atoms with Crippen LogP contribution in [0.4, 0.5) is 0 Å². The maximum atomic E-state index is 12.4. The van der Waals surface area contributed by atoms with Gasteiger partial charge in [-0.25, -0.2) is 9.97 Å². The molecular weight excluding hydrogens is 284 g/mol. The molecule has 0 aliphatic heterocycles. The van der Waals surface area contributed by atoms with Crippen molar-refractivity contribution >= 4 is 17.2 Å². The Labute approximate surface area is 129 Å². The van der Waals surface area contributed by atoms with E-state index in [4.69, 9.17) is 0 Å². The molecule has 2 aromatic heterocycles. The van der Waals surface area contributed by atoms with E-state index in [2.05, 4.69) is 29.1 Å². The summed E-state index contributed by atoms with van der Waals surface area (Å²) in [5.74, 6) is -0.161. The molecule has 1 unspecified atom stereocenters. The molecule has 0 bridgehead atoms. The molecule has 0 aliphatic carbocycles. The minimum atomic E-state index is -0.461. The van der Waals surface area contributed by atoms with Crippen LogP contribution in [0.3, 0.4) is 0 Å². The Morgan fingerprint density at radius 2 is 2.24 bits per heavy atom. The predicted molar refractivity (Wildman–Crippen MR) is 84.6 cm³/mol. The van der Waals surface area contributed by atoms with Gasteiger partial charge >= 0.3 is 0 Å². The van der Waals surface area contributed by atoms with Crippen LogP contribution in [0.15, 0.2) is 17.9 Å². The molecule has 2 heterocycles. The van der Waals surface area contributed by atoms with Crippen LogP contribution in [0.1, 0.15) is 61.3 Å². The molecule has 0 aromatic carbocycles. The highest BCUT2D eigenvalue weighted by Gasteiger charge is 2.30. The first-order chi connectivity index (χ1) is 9.85. The van der Waals surface area contributed by atoms with E-state index in [-0.39, 0.29) is 5.91 Å². The number of nitrogens with one attached hydrogen (secondary N) is 1. The summed E-state index contributed by atoms with van der Waals surface area (Å²) in [6.07, 6.45) is 4.25. The molecule has 0 radical (unpaired) electrons. The van der Waals surface area contributed by atoms with Gasteiger partial charge < -0.3 is 9.88 Å². The molecule has 0 saturated heterocycles. The number of amides is 1. The largest absolute Gasteiger partial charge is 0.339 e. The van der Waals surface area contributed by atoms with E-state index in [1.807, 2.05) is 30.7 Å². The zero-order valence-electron chi connectivity index (χ0n) is 13.2. The SMILES string of the molecule is CCC(C)(NC(=O)c1cn(C(C)C)cn1)c1nc(C)cs1. The van der Waals surface area contributed by atoms with Crippen LogP contribution in [0, 0.1) is 6.92 Å². The summed E-state index contributed by atoms with van der Waals surface area (Å²) < 4.78 is 1.92. The van der Waals surface area contributed by atoms with Crippen molar-refractivity contribution in [2.75, 3.05) is 0 Å². The van der Waals surface area contributed by atoms with E-state index in [0.717, 1.165) is 17.1 Å². The van der Waals surface area contributed by atoms with Crippen LogP contribution in [0.25, 0.3) is 0 Å². The lowest BCUT2D eigenvalue weighted by molar-refractivity contribution is 0.0897. The number of thiazole rings is 1. The van der Waals surface area contributed by atoms with Crippen molar-refractivity contribution < 1.29 is 4.79 Å². The van der Waals surface area contributed by atoms with Crippen molar-refractivity contribution in [3.63, 3.8) is 0 Å². The number of aryl methyl sites for hydroxylation is 1. The van der Waals surface area contributed by atoms with Gasteiger partial charge in [0.2, 0.25) is 0 Å². The molecule has 0 saturated carbocycles. The average molecular weight is 306 g/mol. The van der Waals surface area contributed by atoms with Crippen LogP contribution in [-0.2, 0) is 5.54 Å². The van der Waals surface area contributed by atoms with Crippen LogP contribution in [0.5, 0.6) is 0 Å². The van der Waals surface area contributed by atoms with Crippen molar-refractivity contribution in [2.45, 2.75) is 52.6 Å². The quantitative estimate of drug-likeness (QED) is 0.922. The van der Waals surface area contributed by atoms with Gasteiger partial charge in [-0.1, -0.05) is 6.92 Å². The van der Waals surface area contributed by atoms with E-state index in [1.54, 1.807) is 23.9 Å². The standard InChI is InChI=1S/C15H22N4OS/c1-6-15(5,14-17-11(4)8-21-14)18-13(20)12-7-19(9-16-12)10(2)3/h7-10H,6H2,1-5H3,(H,18,20). The van der Waals surface area contributed by atoms with E-state index in [0.29, 0.717) is 11.7 Å². The molecular formula is C15H22N4OS. The average Bonchev–Trinajstić information content (AvgIpc) is 3.07. The third-order valence-corrected chi connectivity index (χ3v) is 4.84. The minimum Gasteiger partial charge on any atom is -0.339 e. The van der Waals surface area contributed by atoms with Gasteiger partial charge in [0, 0.05) is 23.3 Å². The second-order valence-corrected chi connectivity index (χ2v) is 6.59. The normalized spacial score (nSPS) is 14.2. The van der Waals surface area contributed by atoms with E-state index in [9.17, 15) is 4.79 Å². The Bertz CT molecular complexity index is 631. The smallest absolute Gasteiger partial charge is 0.272 e. The Balaban J connectivity index is 2.19. The van der Waals surface area contributed by atoms with Gasteiger partial charge in [0.25, 0.3) is 5.91 Å². The summed E-state index contributed by atoms with van der Waals surface area (Å²) in [5, 5.41) is 6.01. The van der Waals surface area contributed by atoms with Gasteiger partial charge in [-0.3, -0.25) is 4.79 Å². The van der Waals surface area contributed by atoms with Crippen molar-refractivity contribution in [1.29, 1.82) is 0 Å². The summed E-state index contributed by atoms with van der Waals surface area (Å²) in [5.41, 5.74) is 0.960. The van der Waals surface area contributed by atoms with E-state index < -0.39 is 5.54 Å². The fourth-order valence-electron chi connectivity index (χ4n) is 1.95. The third-order valence-electron chi connectivity index (χ3n) is 3.62. The minimum absolute atomic E-state index is 0.161. The highest BCUT2D eigenvalue weighted by molar-refractivity contribution is 7.09. The maximum absolute atomic E-state index is 12.4. The Morgan fingerprint density at radius 1 is 1.52 bits per heavy atom. The topological polar surface area (TPSA) is 59.8 Å². The fourth-order valence-corrected chi connectivity index (χ4v) is 2.94. The lowest BCUT2D eigenvalue weighted by atomic mass is 9.99. The Morgan fingerprint density at radius 3 is 2.71 bits per heavy atom. The molecule has 6 heteroatoms. The third kappa shape index (κ3) is 3.32. The summed E-state index contributed by atoms with van der Waals surface area (Å²) in [6.45, 7) is 10.1. The van der Waals surface area contributed by atoms with Gasteiger partial charge in [-0.05, 0) is 34.1 Å². The zero-order chi connectivity index (χ0) is 15.6. The second-order valence-electron chi connectivity index (χ2n) is 5.73. The summed E-state index contributed by atoms with van der Waals surface area (Å²) in [7, 11) is 0. The number of nitrogens with zero attached hydrogens (tertiary/aromatic N) is 3. The highest BCUT2D eigenvalue weighted by Crippen LogP contribution is 2.27. The van der Waals surface area contributed by atoms with E-state index >= 15 is 0 Å². The zero-order valence-corrected chi connectivity index (χ0v) is 14.0. The predicted octanol–water partition coefficient (Wildman–Crippen LogP) is 3.28. The lowest BCUT2D eigenvalue weighted by Gasteiger charge is -2.27. The lowest BCUT2D eigenvalue weighted by Crippen LogP contribution is -2.43. The van der Waals surface area contributed by atoms with Crippen LogP contribution >= 0.6 is 11.3 Å². The molecule has 2 rings (SSSR count). The highest BCUT2D eigenvalue weighted by atomic mass is 32.1. The number of hydrogen-bond acceptors (Lipinski definition) is 4. The maximum Gasteiger partial charge on any atom is 0.272 e. The summed E-state index contributed by atoms with van der Waals surface area (Å²) >= 11 is 1.58. The molecule has 0 spiro atoms. The summed E-state index contributed by atoms with van der Waals surface area (Å²) in [6, 6.07) is 0.290. The molecule has 1 atom stereocenters. The monoisotopic (exact) mass is 306 g/mol. The van der Waals surface area contributed by atoms with Crippen molar-refractivity contribution in [3.05, 3.63) is 34.3 Å². The molecule has 1 amide bonds. The van der Waals surface area contributed by atoms with Crippen molar-refractivity contribution in [1.82, 2.24) is 19.9 Å². The second kappa shape index (κ2) is 5.97. The van der Waals surface area contributed by atoms with Gasteiger partial charge in [0.15, 0.2) is 0 Å². The molecule has 5 nitrogen and oxygen atoms in total. The van der Waals surface area contributed by atoms with Crippen LogP contribution in [0.2, 0.25) is 0 Å². The van der Waals surface area contributed by atoms with Gasteiger partial charge in [0.05, 0.1) is 11.9 Å². The number of rotatable bonds is 5. The van der Waals surface area contributed by atoms with Gasteiger partial charge in [0.1, 0.15) is 10.7 Å². The molecule has 2 aromatic rings. The van der Waals surface area contributed by atoms with Gasteiger partial charge in [-0.15, -0.1) is 11.3 Å². The number of imidazole rings is 1. The number of hydrogen-bond donors (Lipinski definition) is 1. The molecule has 1 N–H and O–H groups in total. The summed E-state index contributed by atoms with van der Waals surface area (Å²) in [4.78, 5) is 21.1. The van der Waals surface area contributed by atoms with Crippen molar-refractivity contribution in [3.8, 4) is 0 Å². The molecule has 21 heavy (non-hydrogen) atoms. The first-order valence-electron chi connectivity index (χ1n) is 7.14. The fraction of sp³-hybridized carbons (Fsp3) is 0.533. The van der Waals surface area contributed by atoms with E-state index in [1.165, 1.54) is 0 Å². The van der Waals surface area contributed by atoms with Gasteiger partial charge in [-0.2, -0.15) is 0 Å². The van der Waals surface area contributed by atoms with Crippen molar-refractivity contribution in [2.24, 2.45) is 0 Å². The Kier molecular flexibility index (Phi) is 4.46. The number of carbonyl (C=O) groups is 1. The molecule has 114 valence electrons. The number of carbonyl (C=O) groups excluding carboxylic acids is 1. The first kappa shape index (κ1) is 15.7. The number of aromatic nitrogens is 3. The first-order valence-corrected chi connectivity index (χ1v) is 8.02. The molecule has 0 fully saturated rings. The van der Waals surface area contributed by atoms with Crippen LogP contribution in [-0.4, -0.2) is 20.4 Å².